The number of aliphatic hydroxyl groups is 1. The molecule has 0 aromatic carbocycles. The summed E-state index contributed by atoms with van der Waals surface area (Å²) in [5.74, 6) is 0.397. The van der Waals surface area contributed by atoms with Crippen LogP contribution in [0.5, 0.6) is 0 Å². The number of aliphatic hydroxyl groups excluding tert-OH is 1. The molecule has 1 aliphatic carbocycles. The molecular formula is C8H12O. The Morgan fingerprint density at radius 1 is 1.67 bits per heavy atom. The zero-order valence-electron chi connectivity index (χ0n) is 5.46. The van der Waals surface area contributed by atoms with Crippen LogP contribution in [0.3, 0.4) is 0 Å². The molecule has 0 aliphatic heterocycles. The van der Waals surface area contributed by atoms with Gasteiger partial charge in [-0.3, -0.25) is 0 Å². The summed E-state index contributed by atoms with van der Waals surface area (Å²) in [4.78, 5) is 0. The van der Waals surface area contributed by atoms with Gasteiger partial charge in [0.1, 0.15) is 0 Å². The molecule has 50 valence electrons. The highest BCUT2D eigenvalue weighted by Crippen LogP contribution is 2.17. The molecule has 9 heavy (non-hydrogen) atoms. The fraction of sp³-hybridized carbons (Fsp3) is 0.500. The van der Waals surface area contributed by atoms with Gasteiger partial charge in [-0.2, -0.15) is 0 Å². The number of hydrogen-bond donors (Lipinski definition) is 1. The molecule has 0 fully saturated rings. The summed E-state index contributed by atoms with van der Waals surface area (Å²) in [6, 6.07) is 0. The van der Waals surface area contributed by atoms with Crippen molar-refractivity contribution in [2.24, 2.45) is 5.92 Å². The van der Waals surface area contributed by atoms with Crippen molar-refractivity contribution in [3.05, 3.63) is 24.8 Å². The van der Waals surface area contributed by atoms with Crippen LogP contribution in [-0.4, -0.2) is 11.2 Å². The fourth-order valence-corrected chi connectivity index (χ4v) is 1.07. The molecule has 1 heteroatoms. The van der Waals surface area contributed by atoms with E-state index in [0.717, 1.165) is 12.8 Å². The highest BCUT2D eigenvalue weighted by atomic mass is 16.3. The fourth-order valence-electron chi connectivity index (χ4n) is 1.07. The smallest absolute Gasteiger partial charge is 0.0583 e. The van der Waals surface area contributed by atoms with Crippen molar-refractivity contribution in [3.8, 4) is 0 Å². The summed E-state index contributed by atoms with van der Waals surface area (Å²) in [6.07, 6.45) is 7.50. The molecule has 1 aliphatic rings. The summed E-state index contributed by atoms with van der Waals surface area (Å²) in [5, 5.41) is 9.11. The molecule has 2 atom stereocenters. The van der Waals surface area contributed by atoms with Gasteiger partial charge < -0.3 is 5.11 Å². The Morgan fingerprint density at radius 3 is 2.89 bits per heavy atom. The SMILES string of the molecule is C=CC1C=CCC(O)C1. The topological polar surface area (TPSA) is 20.2 Å². The quantitative estimate of drug-likeness (QED) is 0.525. The van der Waals surface area contributed by atoms with E-state index >= 15 is 0 Å². The van der Waals surface area contributed by atoms with Crippen molar-refractivity contribution in [1.29, 1.82) is 0 Å². The maximum atomic E-state index is 9.11. The van der Waals surface area contributed by atoms with Crippen LogP contribution < -0.4 is 0 Å². The molecule has 0 saturated heterocycles. The maximum Gasteiger partial charge on any atom is 0.0583 e. The molecule has 0 bridgehead atoms. The van der Waals surface area contributed by atoms with Gasteiger partial charge in [-0.1, -0.05) is 18.2 Å². The Morgan fingerprint density at radius 2 is 2.44 bits per heavy atom. The first-order chi connectivity index (χ1) is 4.33. The van der Waals surface area contributed by atoms with Crippen LogP contribution in [0.4, 0.5) is 0 Å². The molecule has 0 aromatic rings. The first-order valence-corrected chi connectivity index (χ1v) is 3.30. The van der Waals surface area contributed by atoms with Crippen LogP contribution in [-0.2, 0) is 0 Å². The van der Waals surface area contributed by atoms with Crippen LogP contribution in [0.15, 0.2) is 24.8 Å². The van der Waals surface area contributed by atoms with E-state index in [1.807, 2.05) is 12.2 Å². The van der Waals surface area contributed by atoms with E-state index in [2.05, 4.69) is 12.7 Å². The summed E-state index contributed by atoms with van der Waals surface area (Å²) in [6.45, 7) is 3.66. The molecule has 0 saturated carbocycles. The Hall–Kier alpha value is -0.560. The van der Waals surface area contributed by atoms with E-state index in [-0.39, 0.29) is 6.10 Å². The van der Waals surface area contributed by atoms with E-state index in [1.54, 1.807) is 0 Å². The van der Waals surface area contributed by atoms with Crippen LogP contribution in [0, 0.1) is 5.92 Å². The third-order valence-electron chi connectivity index (χ3n) is 1.64. The highest BCUT2D eigenvalue weighted by Gasteiger charge is 2.11. The molecule has 0 radical (unpaired) electrons. The second-order valence-corrected chi connectivity index (χ2v) is 2.45. The van der Waals surface area contributed by atoms with Gasteiger partial charge in [0, 0.05) is 0 Å². The predicted molar refractivity (Wildman–Crippen MR) is 38.1 cm³/mol. The van der Waals surface area contributed by atoms with Crippen LogP contribution in [0.1, 0.15) is 12.8 Å². The summed E-state index contributed by atoms with van der Waals surface area (Å²) < 4.78 is 0. The number of hydrogen-bond acceptors (Lipinski definition) is 1. The third-order valence-corrected chi connectivity index (χ3v) is 1.64. The van der Waals surface area contributed by atoms with Crippen molar-refractivity contribution in [1.82, 2.24) is 0 Å². The number of allylic oxidation sites excluding steroid dienone is 2. The minimum atomic E-state index is -0.141. The average molecular weight is 124 g/mol. The summed E-state index contributed by atoms with van der Waals surface area (Å²) in [7, 11) is 0. The Labute approximate surface area is 55.7 Å². The lowest BCUT2D eigenvalue weighted by atomic mass is 9.94. The van der Waals surface area contributed by atoms with Gasteiger partial charge in [-0.05, 0) is 18.8 Å². The first kappa shape index (κ1) is 6.56. The summed E-state index contributed by atoms with van der Waals surface area (Å²) in [5.41, 5.74) is 0. The van der Waals surface area contributed by atoms with E-state index in [0.29, 0.717) is 5.92 Å². The second kappa shape index (κ2) is 2.83. The van der Waals surface area contributed by atoms with Crippen molar-refractivity contribution in [3.63, 3.8) is 0 Å². The highest BCUT2D eigenvalue weighted by molar-refractivity contribution is 5.02. The number of rotatable bonds is 1. The molecule has 0 aromatic heterocycles. The Balaban J connectivity index is 2.48. The molecule has 0 heterocycles. The summed E-state index contributed by atoms with van der Waals surface area (Å²) >= 11 is 0. The zero-order valence-corrected chi connectivity index (χ0v) is 5.46. The predicted octanol–water partition coefficient (Wildman–Crippen LogP) is 1.50. The molecule has 2 unspecified atom stereocenters. The molecule has 1 N–H and O–H groups in total. The van der Waals surface area contributed by atoms with Gasteiger partial charge in [0.2, 0.25) is 0 Å². The van der Waals surface area contributed by atoms with Crippen molar-refractivity contribution in [2.45, 2.75) is 18.9 Å². The van der Waals surface area contributed by atoms with Crippen LogP contribution in [0.25, 0.3) is 0 Å². The lowest BCUT2D eigenvalue weighted by Crippen LogP contribution is -2.13. The molecule has 1 rings (SSSR count). The Bertz CT molecular complexity index is 127. The van der Waals surface area contributed by atoms with Gasteiger partial charge in [0.15, 0.2) is 0 Å². The van der Waals surface area contributed by atoms with Gasteiger partial charge >= 0.3 is 0 Å². The van der Waals surface area contributed by atoms with Crippen molar-refractivity contribution in [2.75, 3.05) is 0 Å². The minimum absolute atomic E-state index is 0.141. The minimum Gasteiger partial charge on any atom is -0.393 e. The lowest BCUT2D eigenvalue weighted by Gasteiger charge is -2.16. The monoisotopic (exact) mass is 124 g/mol. The lowest BCUT2D eigenvalue weighted by molar-refractivity contribution is 0.154. The van der Waals surface area contributed by atoms with Crippen LogP contribution in [0.2, 0.25) is 0 Å². The standard InChI is InChI=1S/C8H12O/c1-2-7-4-3-5-8(9)6-7/h2-4,7-9H,1,5-6H2. The average Bonchev–Trinajstić information content (AvgIpc) is 1.88. The van der Waals surface area contributed by atoms with E-state index in [1.165, 1.54) is 0 Å². The van der Waals surface area contributed by atoms with E-state index in [4.69, 9.17) is 5.11 Å². The Kier molecular flexibility index (Phi) is 2.06. The van der Waals surface area contributed by atoms with Gasteiger partial charge in [0.25, 0.3) is 0 Å². The van der Waals surface area contributed by atoms with E-state index in [9.17, 15) is 0 Å². The van der Waals surface area contributed by atoms with Crippen molar-refractivity contribution >= 4 is 0 Å². The first-order valence-electron chi connectivity index (χ1n) is 3.30. The van der Waals surface area contributed by atoms with E-state index < -0.39 is 0 Å². The molecule has 0 amide bonds. The zero-order chi connectivity index (χ0) is 6.69. The largest absolute Gasteiger partial charge is 0.393 e. The van der Waals surface area contributed by atoms with Gasteiger partial charge in [-0.15, -0.1) is 6.58 Å². The maximum absolute atomic E-state index is 9.11. The van der Waals surface area contributed by atoms with Gasteiger partial charge in [-0.25, -0.2) is 0 Å². The molecule has 1 nitrogen and oxygen atoms in total. The van der Waals surface area contributed by atoms with Gasteiger partial charge in [0.05, 0.1) is 6.10 Å². The normalized spacial score (nSPS) is 34.3. The third kappa shape index (κ3) is 1.68. The molecule has 0 spiro atoms. The van der Waals surface area contributed by atoms with Crippen molar-refractivity contribution < 1.29 is 5.11 Å². The molecular weight excluding hydrogens is 112 g/mol. The second-order valence-electron chi connectivity index (χ2n) is 2.45. The van der Waals surface area contributed by atoms with Crippen LogP contribution >= 0.6 is 0 Å².